The second-order valence-electron chi connectivity index (χ2n) is 3.27. The molecule has 0 bridgehead atoms. The zero-order valence-electron chi connectivity index (χ0n) is 7.35. The molecule has 4 heteroatoms. The fraction of sp³-hybridized carbons (Fsp3) is 0.556. The fourth-order valence-electron chi connectivity index (χ4n) is 1.34. The zero-order chi connectivity index (χ0) is 9.42. The lowest BCUT2D eigenvalue weighted by molar-refractivity contribution is 0.930. The standard InChI is InChI=1S/C9H10Cl2N2/c1-2-6-7(10)8(5-3-4-5)13-9(11)12-6/h5H,2-4H2,1H3. The molecule has 0 atom stereocenters. The van der Waals surface area contributed by atoms with Crippen molar-refractivity contribution in [3.8, 4) is 0 Å². The van der Waals surface area contributed by atoms with Crippen LogP contribution in [0.15, 0.2) is 0 Å². The van der Waals surface area contributed by atoms with Crippen molar-refractivity contribution in [1.29, 1.82) is 0 Å². The number of hydrogen-bond acceptors (Lipinski definition) is 2. The van der Waals surface area contributed by atoms with Gasteiger partial charge in [0.1, 0.15) is 0 Å². The number of halogens is 2. The number of aryl methyl sites for hydroxylation is 1. The Bertz CT molecular complexity index is 335. The Morgan fingerprint density at radius 2 is 2.00 bits per heavy atom. The van der Waals surface area contributed by atoms with Crippen LogP contribution in [0.1, 0.15) is 37.1 Å². The van der Waals surface area contributed by atoms with Gasteiger partial charge >= 0.3 is 0 Å². The molecule has 2 rings (SSSR count). The van der Waals surface area contributed by atoms with E-state index in [9.17, 15) is 0 Å². The summed E-state index contributed by atoms with van der Waals surface area (Å²) < 4.78 is 0. The van der Waals surface area contributed by atoms with Crippen LogP contribution in [0.5, 0.6) is 0 Å². The van der Waals surface area contributed by atoms with Crippen molar-refractivity contribution < 1.29 is 0 Å². The normalized spacial score (nSPS) is 16.2. The van der Waals surface area contributed by atoms with Crippen LogP contribution in [0.2, 0.25) is 10.3 Å². The maximum absolute atomic E-state index is 6.13. The van der Waals surface area contributed by atoms with Crippen LogP contribution in [-0.2, 0) is 6.42 Å². The molecule has 2 nitrogen and oxygen atoms in total. The average Bonchev–Trinajstić information content (AvgIpc) is 2.91. The average molecular weight is 217 g/mol. The Morgan fingerprint density at radius 3 is 2.54 bits per heavy atom. The minimum absolute atomic E-state index is 0.322. The highest BCUT2D eigenvalue weighted by atomic mass is 35.5. The summed E-state index contributed by atoms with van der Waals surface area (Å²) in [5.41, 5.74) is 1.81. The van der Waals surface area contributed by atoms with Gasteiger partial charge in [0.2, 0.25) is 5.28 Å². The van der Waals surface area contributed by atoms with Crippen LogP contribution < -0.4 is 0 Å². The molecule has 13 heavy (non-hydrogen) atoms. The summed E-state index contributed by atoms with van der Waals surface area (Å²) in [6.07, 6.45) is 3.16. The van der Waals surface area contributed by atoms with E-state index in [0.29, 0.717) is 11.2 Å². The molecule has 0 saturated heterocycles. The van der Waals surface area contributed by atoms with Crippen LogP contribution in [0.4, 0.5) is 0 Å². The summed E-state index contributed by atoms with van der Waals surface area (Å²) in [7, 11) is 0. The van der Waals surface area contributed by atoms with Crippen molar-refractivity contribution in [2.24, 2.45) is 0 Å². The predicted octanol–water partition coefficient (Wildman–Crippen LogP) is 3.22. The third-order valence-corrected chi connectivity index (χ3v) is 2.80. The molecule has 1 heterocycles. The lowest BCUT2D eigenvalue weighted by atomic mass is 10.2. The van der Waals surface area contributed by atoms with Crippen LogP contribution in [0.3, 0.4) is 0 Å². The highest BCUT2D eigenvalue weighted by Crippen LogP contribution is 2.43. The minimum atomic E-state index is 0.322. The van der Waals surface area contributed by atoms with Gasteiger partial charge < -0.3 is 0 Å². The lowest BCUT2D eigenvalue weighted by Crippen LogP contribution is -1.98. The summed E-state index contributed by atoms with van der Waals surface area (Å²) in [6, 6.07) is 0. The van der Waals surface area contributed by atoms with E-state index in [1.807, 2.05) is 6.92 Å². The van der Waals surface area contributed by atoms with Crippen LogP contribution >= 0.6 is 23.2 Å². The van der Waals surface area contributed by atoms with Crippen molar-refractivity contribution in [3.05, 3.63) is 21.7 Å². The summed E-state index contributed by atoms with van der Waals surface area (Å²) in [6.45, 7) is 2.02. The van der Waals surface area contributed by atoms with E-state index in [2.05, 4.69) is 9.97 Å². The first-order chi connectivity index (χ1) is 6.22. The van der Waals surface area contributed by atoms with Gasteiger partial charge in [-0.25, -0.2) is 9.97 Å². The van der Waals surface area contributed by atoms with Crippen molar-refractivity contribution in [2.75, 3.05) is 0 Å². The molecule has 1 aromatic heterocycles. The molecular weight excluding hydrogens is 207 g/mol. The quantitative estimate of drug-likeness (QED) is 0.710. The molecule has 1 fully saturated rings. The molecule has 70 valence electrons. The minimum Gasteiger partial charge on any atom is -0.221 e. The molecule has 1 saturated carbocycles. The third-order valence-electron chi connectivity index (χ3n) is 2.22. The van der Waals surface area contributed by atoms with E-state index in [-0.39, 0.29) is 0 Å². The Hall–Kier alpha value is -0.340. The molecule has 0 N–H and O–H groups in total. The molecule has 0 aliphatic heterocycles. The number of nitrogens with zero attached hydrogens (tertiary/aromatic N) is 2. The summed E-state index contributed by atoms with van der Waals surface area (Å²) in [5.74, 6) is 0.526. The maximum Gasteiger partial charge on any atom is 0.222 e. The van der Waals surface area contributed by atoms with E-state index in [1.54, 1.807) is 0 Å². The lowest BCUT2D eigenvalue weighted by Gasteiger charge is -2.05. The first-order valence-electron chi connectivity index (χ1n) is 4.44. The Morgan fingerprint density at radius 1 is 1.31 bits per heavy atom. The second-order valence-corrected chi connectivity index (χ2v) is 3.98. The molecule has 0 amide bonds. The zero-order valence-corrected chi connectivity index (χ0v) is 8.86. The monoisotopic (exact) mass is 216 g/mol. The molecular formula is C9H10Cl2N2. The van der Waals surface area contributed by atoms with Crippen LogP contribution in [0, 0.1) is 0 Å². The van der Waals surface area contributed by atoms with Gasteiger partial charge in [-0.15, -0.1) is 0 Å². The number of rotatable bonds is 2. The van der Waals surface area contributed by atoms with Gasteiger partial charge in [-0.2, -0.15) is 0 Å². The SMILES string of the molecule is CCc1nc(Cl)nc(C2CC2)c1Cl. The topological polar surface area (TPSA) is 25.8 Å². The largest absolute Gasteiger partial charge is 0.222 e. The highest BCUT2D eigenvalue weighted by molar-refractivity contribution is 6.32. The number of aromatic nitrogens is 2. The summed E-state index contributed by atoms with van der Waals surface area (Å²) >= 11 is 11.9. The Balaban J connectivity index is 2.47. The Labute approximate surface area is 87.3 Å². The highest BCUT2D eigenvalue weighted by Gasteiger charge is 2.29. The maximum atomic E-state index is 6.13. The molecule has 0 unspecified atom stereocenters. The van der Waals surface area contributed by atoms with Crippen molar-refractivity contribution in [2.45, 2.75) is 32.1 Å². The Kier molecular flexibility index (Phi) is 2.43. The van der Waals surface area contributed by atoms with Gasteiger partial charge in [0, 0.05) is 5.92 Å². The molecule has 0 aromatic carbocycles. The van der Waals surface area contributed by atoms with Crippen LogP contribution in [-0.4, -0.2) is 9.97 Å². The molecule has 1 aliphatic rings. The second kappa shape index (κ2) is 3.43. The predicted molar refractivity (Wildman–Crippen MR) is 53.4 cm³/mol. The molecule has 1 aromatic rings. The van der Waals surface area contributed by atoms with E-state index >= 15 is 0 Å². The third kappa shape index (κ3) is 1.79. The van der Waals surface area contributed by atoms with E-state index in [1.165, 1.54) is 12.8 Å². The van der Waals surface area contributed by atoms with Gasteiger partial charge in [-0.3, -0.25) is 0 Å². The van der Waals surface area contributed by atoms with Gasteiger partial charge in [-0.1, -0.05) is 18.5 Å². The molecule has 1 aliphatic carbocycles. The van der Waals surface area contributed by atoms with Gasteiger partial charge in [0.25, 0.3) is 0 Å². The summed E-state index contributed by atoms with van der Waals surface area (Å²) in [4.78, 5) is 8.25. The van der Waals surface area contributed by atoms with Gasteiger partial charge in [-0.05, 0) is 30.9 Å². The van der Waals surface area contributed by atoms with E-state index in [0.717, 1.165) is 22.8 Å². The number of hydrogen-bond donors (Lipinski definition) is 0. The van der Waals surface area contributed by atoms with Crippen molar-refractivity contribution in [3.63, 3.8) is 0 Å². The van der Waals surface area contributed by atoms with Gasteiger partial charge in [0.15, 0.2) is 0 Å². The first kappa shape index (κ1) is 9.22. The van der Waals surface area contributed by atoms with E-state index in [4.69, 9.17) is 23.2 Å². The van der Waals surface area contributed by atoms with E-state index < -0.39 is 0 Å². The van der Waals surface area contributed by atoms with Crippen molar-refractivity contribution in [1.82, 2.24) is 9.97 Å². The molecule has 0 radical (unpaired) electrons. The van der Waals surface area contributed by atoms with Crippen LogP contribution in [0.25, 0.3) is 0 Å². The smallest absolute Gasteiger partial charge is 0.221 e. The molecule has 0 spiro atoms. The fourth-order valence-corrected chi connectivity index (χ4v) is 1.91. The van der Waals surface area contributed by atoms with Crippen molar-refractivity contribution >= 4 is 23.2 Å². The summed E-state index contributed by atoms with van der Waals surface area (Å²) in [5, 5.41) is 1.04. The first-order valence-corrected chi connectivity index (χ1v) is 5.19. The van der Waals surface area contributed by atoms with Gasteiger partial charge in [0.05, 0.1) is 16.4 Å².